The number of hydrogen-bond acceptors (Lipinski definition) is 5. The molecule has 0 radical (unpaired) electrons. The van der Waals surface area contributed by atoms with E-state index in [1.165, 1.54) is 31.4 Å². The van der Waals surface area contributed by atoms with E-state index in [4.69, 9.17) is 0 Å². The largest absolute Gasteiger partial charge is 0.371 e. The summed E-state index contributed by atoms with van der Waals surface area (Å²) in [6.45, 7) is 2.04. The number of benzene rings is 2. The summed E-state index contributed by atoms with van der Waals surface area (Å²) < 4.78 is 28.0. The Morgan fingerprint density at radius 2 is 1.80 bits per heavy atom. The monoisotopic (exact) mass is 447 g/mol. The third-order valence-corrected chi connectivity index (χ3v) is 7.24. The van der Waals surface area contributed by atoms with Gasteiger partial charge in [0, 0.05) is 24.5 Å². The molecule has 6 nitrogen and oxygen atoms in total. The van der Waals surface area contributed by atoms with Gasteiger partial charge in [0.15, 0.2) is 0 Å². The Bertz CT molecular complexity index is 930. The second kappa shape index (κ2) is 10.8. The molecule has 1 fully saturated rings. The summed E-state index contributed by atoms with van der Waals surface area (Å²) in [5.74, 6) is 0.322. The molecule has 1 unspecified atom stereocenters. The number of hydrogen-bond donors (Lipinski definition) is 2. The van der Waals surface area contributed by atoms with Crippen molar-refractivity contribution in [1.29, 1.82) is 0 Å². The molecule has 0 saturated carbocycles. The zero-order chi connectivity index (χ0) is 21.4. The highest BCUT2D eigenvalue weighted by Crippen LogP contribution is 2.23. The standard InChI is InChI=1S/C22H29N3O3S2/c1-29-16-13-21(24-30(27,28)20-11-4-2-5-12-20)22(26)23-18-9-8-10-19(17-18)25-14-6-3-7-15-25/h2,4-5,8-12,17,21,24H,3,6-7,13-16H2,1H3,(H,23,26). The van der Waals surface area contributed by atoms with E-state index in [1.807, 2.05) is 30.5 Å². The van der Waals surface area contributed by atoms with Crippen molar-refractivity contribution in [1.82, 2.24) is 4.72 Å². The average molecular weight is 448 g/mol. The van der Waals surface area contributed by atoms with Gasteiger partial charge in [-0.3, -0.25) is 4.79 Å². The second-order valence-electron chi connectivity index (χ2n) is 7.36. The number of nitrogens with one attached hydrogen (secondary N) is 2. The summed E-state index contributed by atoms with van der Waals surface area (Å²) in [6.07, 6.45) is 5.95. The lowest BCUT2D eigenvalue weighted by atomic mass is 10.1. The van der Waals surface area contributed by atoms with Gasteiger partial charge in [0.05, 0.1) is 4.90 Å². The molecule has 8 heteroatoms. The van der Waals surface area contributed by atoms with Gasteiger partial charge in [-0.1, -0.05) is 24.3 Å². The fourth-order valence-electron chi connectivity index (χ4n) is 3.50. The van der Waals surface area contributed by atoms with Crippen LogP contribution < -0.4 is 14.9 Å². The molecular weight excluding hydrogens is 418 g/mol. The van der Waals surface area contributed by atoms with Crippen molar-refractivity contribution in [2.75, 3.05) is 35.3 Å². The lowest BCUT2D eigenvalue weighted by molar-refractivity contribution is -0.117. The van der Waals surface area contributed by atoms with Crippen molar-refractivity contribution in [2.24, 2.45) is 0 Å². The smallest absolute Gasteiger partial charge is 0.242 e. The van der Waals surface area contributed by atoms with E-state index < -0.39 is 16.1 Å². The van der Waals surface area contributed by atoms with E-state index in [0.29, 0.717) is 17.9 Å². The zero-order valence-corrected chi connectivity index (χ0v) is 18.8. The van der Waals surface area contributed by atoms with Gasteiger partial charge < -0.3 is 10.2 Å². The molecule has 0 spiro atoms. The van der Waals surface area contributed by atoms with Crippen LogP contribution in [-0.2, 0) is 14.8 Å². The van der Waals surface area contributed by atoms with Gasteiger partial charge in [-0.25, -0.2) is 8.42 Å². The number of piperidine rings is 1. The summed E-state index contributed by atoms with van der Waals surface area (Å²) in [5, 5.41) is 2.90. The highest BCUT2D eigenvalue weighted by atomic mass is 32.2. The fourth-order valence-corrected chi connectivity index (χ4v) is 5.22. The summed E-state index contributed by atoms with van der Waals surface area (Å²) in [6, 6.07) is 15.0. The molecule has 3 rings (SSSR count). The van der Waals surface area contributed by atoms with Gasteiger partial charge in [-0.2, -0.15) is 16.5 Å². The van der Waals surface area contributed by atoms with Crippen LogP contribution in [-0.4, -0.2) is 45.5 Å². The van der Waals surface area contributed by atoms with Crippen LogP contribution in [0.25, 0.3) is 0 Å². The van der Waals surface area contributed by atoms with Gasteiger partial charge in [-0.15, -0.1) is 0 Å². The molecule has 1 amide bonds. The Balaban J connectivity index is 1.72. The molecule has 1 atom stereocenters. The Labute approximate surface area is 183 Å². The van der Waals surface area contributed by atoms with Crippen LogP contribution in [0.3, 0.4) is 0 Å². The number of carbonyl (C=O) groups excluding carboxylic acids is 1. The fraction of sp³-hybridized carbons (Fsp3) is 0.409. The number of sulfonamides is 1. The van der Waals surface area contributed by atoms with E-state index in [1.54, 1.807) is 30.0 Å². The lowest BCUT2D eigenvalue weighted by Crippen LogP contribution is -2.44. The predicted octanol–water partition coefficient (Wildman–Crippen LogP) is 3.72. The Kier molecular flexibility index (Phi) is 8.18. The van der Waals surface area contributed by atoms with Gasteiger partial charge in [0.1, 0.15) is 6.04 Å². The first kappa shape index (κ1) is 22.7. The molecule has 1 aliphatic rings. The average Bonchev–Trinajstić information content (AvgIpc) is 2.78. The molecule has 2 aromatic rings. The quantitative estimate of drug-likeness (QED) is 0.613. The maximum Gasteiger partial charge on any atom is 0.242 e. The van der Waals surface area contributed by atoms with Crippen LogP contribution in [0.1, 0.15) is 25.7 Å². The first-order valence-electron chi connectivity index (χ1n) is 10.2. The first-order valence-corrected chi connectivity index (χ1v) is 13.1. The van der Waals surface area contributed by atoms with E-state index in [2.05, 4.69) is 14.9 Å². The topological polar surface area (TPSA) is 78.5 Å². The van der Waals surface area contributed by atoms with Crippen LogP contribution in [0.2, 0.25) is 0 Å². The minimum absolute atomic E-state index is 0.152. The van der Waals surface area contributed by atoms with E-state index in [9.17, 15) is 13.2 Å². The molecule has 0 aliphatic carbocycles. The van der Waals surface area contributed by atoms with E-state index in [-0.39, 0.29) is 10.8 Å². The second-order valence-corrected chi connectivity index (χ2v) is 10.1. The van der Waals surface area contributed by atoms with E-state index in [0.717, 1.165) is 18.8 Å². The molecule has 0 bridgehead atoms. The van der Waals surface area contributed by atoms with Crippen molar-refractivity contribution in [2.45, 2.75) is 36.6 Å². The number of thioether (sulfide) groups is 1. The lowest BCUT2D eigenvalue weighted by Gasteiger charge is -2.29. The Morgan fingerprint density at radius 1 is 1.07 bits per heavy atom. The van der Waals surface area contributed by atoms with Crippen molar-refractivity contribution >= 4 is 39.1 Å². The molecule has 1 saturated heterocycles. The molecule has 1 aliphatic heterocycles. The molecule has 162 valence electrons. The number of anilines is 2. The van der Waals surface area contributed by atoms with Crippen molar-refractivity contribution in [3.05, 3.63) is 54.6 Å². The number of nitrogens with zero attached hydrogens (tertiary/aromatic N) is 1. The predicted molar refractivity (Wildman–Crippen MR) is 125 cm³/mol. The minimum atomic E-state index is -3.78. The van der Waals surface area contributed by atoms with Crippen LogP contribution >= 0.6 is 11.8 Å². The number of amides is 1. The molecule has 1 heterocycles. The van der Waals surface area contributed by atoms with Crippen LogP contribution in [0.5, 0.6) is 0 Å². The van der Waals surface area contributed by atoms with Crippen molar-refractivity contribution < 1.29 is 13.2 Å². The third kappa shape index (κ3) is 6.23. The summed E-state index contributed by atoms with van der Waals surface area (Å²) >= 11 is 1.58. The number of carbonyl (C=O) groups is 1. The minimum Gasteiger partial charge on any atom is -0.371 e. The SMILES string of the molecule is CSCCC(NS(=O)(=O)c1ccccc1)C(=O)Nc1cccc(N2CCCCC2)c1. The van der Waals surface area contributed by atoms with Gasteiger partial charge in [-0.05, 0) is 68.0 Å². The van der Waals surface area contributed by atoms with Gasteiger partial charge in [0.2, 0.25) is 15.9 Å². The van der Waals surface area contributed by atoms with Crippen LogP contribution in [0.4, 0.5) is 11.4 Å². The maximum absolute atomic E-state index is 13.0. The van der Waals surface area contributed by atoms with Crippen LogP contribution in [0.15, 0.2) is 59.5 Å². The van der Waals surface area contributed by atoms with Gasteiger partial charge in [0.25, 0.3) is 0 Å². The molecule has 0 aromatic heterocycles. The van der Waals surface area contributed by atoms with Crippen LogP contribution in [0, 0.1) is 0 Å². The van der Waals surface area contributed by atoms with E-state index >= 15 is 0 Å². The zero-order valence-electron chi connectivity index (χ0n) is 17.2. The third-order valence-electron chi connectivity index (χ3n) is 5.11. The summed E-state index contributed by atoms with van der Waals surface area (Å²) in [7, 11) is -3.78. The highest BCUT2D eigenvalue weighted by Gasteiger charge is 2.25. The molecule has 2 N–H and O–H groups in total. The van der Waals surface area contributed by atoms with Gasteiger partial charge >= 0.3 is 0 Å². The Morgan fingerprint density at radius 3 is 2.50 bits per heavy atom. The van der Waals surface area contributed by atoms with Crippen molar-refractivity contribution in [3.63, 3.8) is 0 Å². The Hall–Kier alpha value is -2.03. The highest BCUT2D eigenvalue weighted by molar-refractivity contribution is 7.98. The van der Waals surface area contributed by atoms with Crippen molar-refractivity contribution in [3.8, 4) is 0 Å². The maximum atomic E-state index is 13.0. The number of rotatable bonds is 9. The molecule has 2 aromatic carbocycles. The first-order chi connectivity index (χ1) is 14.5. The summed E-state index contributed by atoms with van der Waals surface area (Å²) in [5.41, 5.74) is 1.76. The normalized spacial score (nSPS) is 15.6. The molecule has 30 heavy (non-hydrogen) atoms. The molecular formula is C22H29N3O3S2. The summed E-state index contributed by atoms with van der Waals surface area (Å²) in [4.78, 5) is 15.4.